The highest BCUT2D eigenvalue weighted by molar-refractivity contribution is 6.33. The molecule has 0 fully saturated rings. The molecule has 0 aliphatic carbocycles. The van der Waals surface area contributed by atoms with Gasteiger partial charge < -0.3 is 9.47 Å². The number of hydrogen-bond acceptors (Lipinski definition) is 4. The summed E-state index contributed by atoms with van der Waals surface area (Å²) in [6.07, 6.45) is 0.515. The third kappa shape index (κ3) is 3.49. The topological polar surface area (TPSA) is 44.2 Å². The molecule has 2 aromatic rings. The molecule has 100 valence electrons. The van der Waals surface area contributed by atoms with E-state index in [0.717, 1.165) is 5.56 Å². The average molecular weight is 299 g/mol. The SMILES string of the molecule is COc1ccc(Cc2nc(Cl)cc(Cl)n2)cc1OC. The first-order valence-electron chi connectivity index (χ1n) is 5.52. The first-order valence-corrected chi connectivity index (χ1v) is 6.28. The molecule has 0 aliphatic heterocycles. The Bertz CT molecular complexity index is 571. The van der Waals surface area contributed by atoms with Crippen LogP contribution in [0.1, 0.15) is 11.4 Å². The van der Waals surface area contributed by atoms with Crippen molar-refractivity contribution in [1.82, 2.24) is 9.97 Å². The van der Waals surface area contributed by atoms with Crippen LogP contribution in [0.2, 0.25) is 10.3 Å². The van der Waals surface area contributed by atoms with Crippen molar-refractivity contribution in [3.05, 3.63) is 46.0 Å². The van der Waals surface area contributed by atoms with Crippen LogP contribution in [0.5, 0.6) is 11.5 Å². The van der Waals surface area contributed by atoms with E-state index in [1.165, 1.54) is 6.07 Å². The second-order valence-electron chi connectivity index (χ2n) is 3.80. The molecule has 1 aromatic carbocycles. The molecule has 0 unspecified atom stereocenters. The Morgan fingerprint density at radius 1 is 0.947 bits per heavy atom. The van der Waals surface area contributed by atoms with Crippen LogP contribution in [-0.4, -0.2) is 24.2 Å². The number of rotatable bonds is 4. The van der Waals surface area contributed by atoms with Gasteiger partial charge >= 0.3 is 0 Å². The molecular formula is C13H12Cl2N2O2. The van der Waals surface area contributed by atoms with Crippen molar-refractivity contribution in [3.8, 4) is 11.5 Å². The lowest BCUT2D eigenvalue weighted by atomic mass is 10.1. The van der Waals surface area contributed by atoms with Crippen LogP contribution in [0.15, 0.2) is 24.3 Å². The first kappa shape index (κ1) is 13.9. The maximum atomic E-state index is 5.84. The molecule has 1 aromatic heterocycles. The van der Waals surface area contributed by atoms with E-state index in [1.807, 2.05) is 18.2 Å². The summed E-state index contributed by atoms with van der Waals surface area (Å²) in [6.45, 7) is 0. The number of ether oxygens (including phenoxy) is 2. The summed E-state index contributed by atoms with van der Waals surface area (Å²) in [7, 11) is 3.19. The molecule has 0 bridgehead atoms. The van der Waals surface area contributed by atoms with Crippen LogP contribution in [0.4, 0.5) is 0 Å². The van der Waals surface area contributed by atoms with Crippen LogP contribution in [0.25, 0.3) is 0 Å². The van der Waals surface area contributed by atoms with Gasteiger partial charge in [-0.1, -0.05) is 29.3 Å². The molecule has 0 amide bonds. The van der Waals surface area contributed by atoms with Crippen LogP contribution >= 0.6 is 23.2 Å². The molecule has 0 saturated carbocycles. The van der Waals surface area contributed by atoms with E-state index < -0.39 is 0 Å². The minimum atomic E-state index is 0.329. The number of methoxy groups -OCH3 is 2. The Hall–Kier alpha value is -1.52. The van der Waals surface area contributed by atoms with Crippen molar-refractivity contribution >= 4 is 23.2 Å². The molecule has 4 nitrogen and oxygen atoms in total. The predicted molar refractivity (Wildman–Crippen MR) is 74.4 cm³/mol. The molecule has 2 rings (SSSR count). The van der Waals surface area contributed by atoms with Crippen molar-refractivity contribution in [3.63, 3.8) is 0 Å². The Morgan fingerprint density at radius 2 is 1.58 bits per heavy atom. The largest absolute Gasteiger partial charge is 0.493 e. The summed E-state index contributed by atoms with van der Waals surface area (Å²) in [5.41, 5.74) is 0.982. The highest BCUT2D eigenvalue weighted by Crippen LogP contribution is 2.28. The highest BCUT2D eigenvalue weighted by atomic mass is 35.5. The second-order valence-corrected chi connectivity index (χ2v) is 4.57. The van der Waals surface area contributed by atoms with Crippen LogP contribution in [-0.2, 0) is 6.42 Å². The molecule has 19 heavy (non-hydrogen) atoms. The number of benzene rings is 1. The minimum Gasteiger partial charge on any atom is -0.493 e. The lowest BCUT2D eigenvalue weighted by Gasteiger charge is -2.09. The number of hydrogen-bond donors (Lipinski definition) is 0. The van der Waals surface area contributed by atoms with Crippen LogP contribution in [0.3, 0.4) is 0 Å². The predicted octanol–water partition coefficient (Wildman–Crippen LogP) is 3.39. The highest BCUT2D eigenvalue weighted by Gasteiger charge is 2.07. The monoisotopic (exact) mass is 298 g/mol. The van der Waals surface area contributed by atoms with Gasteiger partial charge in [-0.2, -0.15) is 0 Å². The lowest BCUT2D eigenvalue weighted by molar-refractivity contribution is 0.354. The lowest BCUT2D eigenvalue weighted by Crippen LogP contribution is -1.98. The van der Waals surface area contributed by atoms with E-state index in [4.69, 9.17) is 32.7 Å². The molecular weight excluding hydrogens is 287 g/mol. The molecule has 6 heteroatoms. The van der Waals surface area contributed by atoms with Crippen LogP contribution in [0, 0.1) is 0 Å². The Morgan fingerprint density at radius 3 is 2.16 bits per heavy atom. The second kappa shape index (κ2) is 6.08. The Balaban J connectivity index is 2.28. The van der Waals surface area contributed by atoms with E-state index in [0.29, 0.717) is 34.1 Å². The van der Waals surface area contributed by atoms with Gasteiger partial charge in [-0.15, -0.1) is 0 Å². The normalized spacial score (nSPS) is 10.3. The van der Waals surface area contributed by atoms with E-state index in [1.54, 1.807) is 14.2 Å². The van der Waals surface area contributed by atoms with E-state index in [2.05, 4.69) is 9.97 Å². The molecule has 0 spiro atoms. The first-order chi connectivity index (χ1) is 9.12. The van der Waals surface area contributed by atoms with Gasteiger partial charge in [0.1, 0.15) is 16.1 Å². The minimum absolute atomic E-state index is 0.329. The maximum Gasteiger partial charge on any atom is 0.161 e. The molecule has 0 saturated heterocycles. The van der Waals surface area contributed by atoms with Gasteiger partial charge in [0.2, 0.25) is 0 Å². The summed E-state index contributed by atoms with van der Waals surface area (Å²) in [6, 6.07) is 7.12. The third-order valence-electron chi connectivity index (χ3n) is 2.52. The molecule has 0 atom stereocenters. The zero-order valence-corrected chi connectivity index (χ0v) is 12.0. The van der Waals surface area contributed by atoms with Gasteiger partial charge in [0.05, 0.1) is 14.2 Å². The summed E-state index contributed by atoms with van der Waals surface area (Å²) in [5, 5.41) is 0.658. The number of halogens is 2. The molecule has 0 radical (unpaired) electrons. The quantitative estimate of drug-likeness (QED) is 0.812. The van der Waals surface area contributed by atoms with Gasteiger partial charge in [0.25, 0.3) is 0 Å². The zero-order valence-electron chi connectivity index (χ0n) is 10.5. The molecule has 0 N–H and O–H groups in total. The van der Waals surface area contributed by atoms with Crippen molar-refractivity contribution in [2.75, 3.05) is 14.2 Å². The number of nitrogens with zero attached hydrogens (tertiary/aromatic N) is 2. The smallest absolute Gasteiger partial charge is 0.161 e. The fourth-order valence-electron chi connectivity index (χ4n) is 1.69. The summed E-state index contributed by atoms with van der Waals surface area (Å²) >= 11 is 11.7. The number of aromatic nitrogens is 2. The zero-order chi connectivity index (χ0) is 13.8. The van der Waals surface area contributed by atoms with Crippen molar-refractivity contribution in [2.24, 2.45) is 0 Å². The summed E-state index contributed by atoms with van der Waals surface area (Å²) < 4.78 is 10.4. The van der Waals surface area contributed by atoms with Crippen molar-refractivity contribution in [1.29, 1.82) is 0 Å². The van der Waals surface area contributed by atoms with Gasteiger partial charge in [0.15, 0.2) is 11.5 Å². The average Bonchev–Trinajstić information content (AvgIpc) is 2.37. The molecule has 0 aliphatic rings. The van der Waals surface area contributed by atoms with Crippen molar-refractivity contribution in [2.45, 2.75) is 6.42 Å². The van der Waals surface area contributed by atoms with Crippen molar-refractivity contribution < 1.29 is 9.47 Å². The fraction of sp³-hybridized carbons (Fsp3) is 0.231. The van der Waals surface area contributed by atoms with E-state index in [-0.39, 0.29) is 0 Å². The van der Waals surface area contributed by atoms with E-state index >= 15 is 0 Å². The van der Waals surface area contributed by atoms with Gasteiger partial charge in [-0.25, -0.2) is 9.97 Å². The van der Waals surface area contributed by atoms with Crippen LogP contribution < -0.4 is 9.47 Å². The third-order valence-corrected chi connectivity index (χ3v) is 2.91. The Kier molecular flexibility index (Phi) is 4.45. The van der Waals surface area contributed by atoms with Gasteiger partial charge in [0, 0.05) is 12.5 Å². The summed E-state index contributed by atoms with van der Waals surface area (Å²) in [5.74, 6) is 1.90. The van der Waals surface area contributed by atoms with E-state index in [9.17, 15) is 0 Å². The molecule has 1 heterocycles. The summed E-state index contributed by atoms with van der Waals surface area (Å²) in [4.78, 5) is 8.25. The standard InChI is InChI=1S/C13H12Cl2N2O2/c1-18-9-4-3-8(5-10(9)19-2)6-13-16-11(14)7-12(15)17-13/h3-5,7H,6H2,1-2H3. The van der Waals surface area contributed by atoms with Gasteiger partial charge in [-0.3, -0.25) is 0 Å². The fourth-order valence-corrected chi connectivity index (χ4v) is 2.14. The van der Waals surface area contributed by atoms with Gasteiger partial charge in [-0.05, 0) is 17.7 Å². The Labute approximate surface area is 121 Å². The maximum absolute atomic E-state index is 5.84.